The van der Waals surface area contributed by atoms with E-state index in [1.54, 1.807) is 0 Å². The summed E-state index contributed by atoms with van der Waals surface area (Å²) in [7, 11) is 0. The fraction of sp³-hybridized carbons (Fsp3) is 0. The lowest BCUT2D eigenvalue weighted by Crippen LogP contribution is -1.92. The minimum atomic E-state index is -0.581. The second-order valence-corrected chi connectivity index (χ2v) is 11.7. The van der Waals surface area contributed by atoms with Gasteiger partial charge < -0.3 is 4.42 Å². The molecule has 0 saturated heterocycles. The summed E-state index contributed by atoms with van der Waals surface area (Å²) < 4.78 is 130. The Morgan fingerprint density at radius 2 is 0.959 bits per heavy atom. The summed E-state index contributed by atoms with van der Waals surface area (Å²) in [4.78, 5) is 0. The summed E-state index contributed by atoms with van der Waals surface area (Å²) in [5, 5.41) is 1.98. The number of benzene rings is 9. The van der Waals surface area contributed by atoms with Crippen molar-refractivity contribution in [1.82, 2.24) is 0 Å². The second-order valence-electron chi connectivity index (χ2n) is 11.7. The van der Waals surface area contributed by atoms with Gasteiger partial charge in [-0.05, 0) is 107 Å². The van der Waals surface area contributed by atoms with Crippen molar-refractivity contribution in [3.63, 3.8) is 0 Å². The number of hydrogen-bond acceptors (Lipinski definition) is 1. The molecular formula is C48H30O. The summed E-state index contributed by atoms with van der Waals surface area (Å²) in [6.07, 6.45) is 0. The molecule has 0 N–H and O–H groups in total. The molecule has 0 aliphatic heterocycles. The Morgan fingerprint density at radius 3 is 1.65 bits per heavy atom. The van der Waals surface area contributed by atoms with E-state index < -0.39 is 54.4 Å². The average molecular weight is 637 g/mol. The van der Waals surface area contributed by atoms with Crippen LogP contribution >= 0.6 is 0 Å². The molecule has 0 radical (unpaired) electrons. The van der Waals surface area contributed by atoms with Crippen LogP contribution in [0.5, 0.6) is 0 Å². The quantitative estimate of drug-likeness (QED) is 0.175. The largest absolute Gasteiger partial charge is 0.456 e. The Labute approximate surface area is 304 Å². The Kier molecular flexibility index (Phi) is 3.87. The predicted molar refractivity (Wildman–Crippen MR) is 208 cm³/mol. The minimum absolute atomic E-state index is 0.0458. The smallest absolute Gasteiger partial charge is 0.136 e. The van der Waals surface area contributed by atoms with Crippen LogP contribution < -0.4 is 0 Å². The molecule has 1 heterocycles. The molecule has 0 bridgehead atoms. The van der Waals surface area contributed by atoms with Crippen LogP contribution in [0, 0.1) is 0 Å². The SMILES string of the molecule is [2H]c1c([2H])c([2H])c(-c2cc(-c3c4ccccc4c(-c4c([2H])c([2H])c5c(oc6c([2H])c7c([2H])c([2H])c([2H])c([2H])c7c([2H])c65)c4[2H])c4ccccc34)ccc2-c2ccccc2)c([2H])c1[2H]. The lowest BCUT2D eigenvalue weighted by Gasteiger charge is -2.19. The number of rotatable bonds is 4. The molecule has 0 spiro atoms. The highest BCUT2D eigenvalue weighted by atomic mass is 16.3. The molecule has 0 amide bonds. The van der Waals surface area contributed by atoms with E-state index in [1.165, 1.54) is 0 Å². The fourth-order valence-corrected chi connectivity index (χ4v) is 6.85. The maximum Gasteiger partial charge on any atom is 0.136 e. The molecule has 9 aromatic carbocycles. The Bertz CT molecular complexity index is 3590. The molecule has 0 atom stereocenters. The summed E-state index contributed by atoms with van der Waals surface area (Å²) in [6, 6.07) is 23.7. The van der Waals surface area contributed by atoms with E-state index in [-0.39, 0.29) is 74.0 Å². The zero-order chi connectivity index (χ0) is 44.5. The van der Waals surface area contributed by atoms with Crippen LogP contribution in [-0.2, 0) is 0 Å². The van der Waals surface area contributed by atoms with Crippen molar-refractivity contribution in [2.24, 2.45) is 0 Å². The van der Waals surface area contributed by atoms with Crippen molar-refractivity contribution < 1.29 is 23.6 Å². The molecule has 10 aromatic rings. The molecule has 1 aromatic heterocycles. The van der Waals surface area contributed by atoms with Crippen LogP contribution in [0.25, 0.3) is 98.8 Å². The number of furan rings is 1. The minimum Gasteiger partial charge on any atom is -0.456 e. The van der Waals surface area contributed by atoms with Gasteiger partial charge in [0, 0.05) is 10.8 Å². The van der Waals surface area contributed by atoms with Crippen LogP contribution in [0.2, 0.25) is 0 Å². The third-order valence-corrected chi connectivity index (χ3v) is 8.98. The van der Waals surface area contributed by atoms with E-state index in [0.717, 1.165) is 11.1 Å². The van der Waals surface area contributed by atoms with Crippen molar-refractivity contribution >= 4 is 54.3 Å². The van der Waals surface area contributed by atoms with E-state index in [1.807, 2.05) is 97.1 Å². The van der Waals surface area contributed by atoms with E-state index in [0.29, 0.717) is 43.8 Å². The van der Waals surface area contributed by atoms with Crippen LogP contribution in [0.3, 0.4) is 0 Å². The molecule has 0 saturated carbocycles. The molecule has 228 valence electrons. The highest BCUT2D eigenvalue weighted by molar-refractivity contribution is 6.22. The van der Waals surface area contributed by atoms with Crippen LogP contribution in [0.4, 0.5) is 0 Å². The summed E-state index contributed by atoms with van der Waals surface area (Å²) >= 11 is 0. The van der Waals surface area contributed by atoms with Crippen molar-refractivity contribution in [3.05, 3.63) is 182 Å². The van der Waals surface area contributed by atoms with Crippen LogP contribution in [-0.4, -0.2) is 0 Å². The molecule has 0 aliphatic carbocycles. The van der Waals surface area contributed by atoms with Crippen molar-refractivity contribution in [2.75, 3.05) is 0 Å². The van der Waals surface area contributed by atoms with E-state index in [9.17, 15) is 4.11 Å². The molecule has 1 heteroatoms. The van der Waals surface area contributed by atoms with E-state index in [4.69, 9.17) is 19.5 Å². The second kappa shape index (κ2) is 11.1. The predicted octanol–water partition coefficient (Wildman–Crippen LogP) is 13.7. The van der Waals surface area contributed by atoms with Crippen LogP contribution in [0.1, 0.15) is 19.2 Å². The maximum absolute atomic E-state index is 9.68. The Morgan fingerprint density at radius 1 is 0.367 bits per heavy atom. The van der Waals surface area contributed by atoms with Gasteiger partial charge in [0.15, 0.2) is 0 Å². The lowest BCUT2D eigenvalue weighted by molar-refractivity contribution is 0.669. The zero-order valence-electron chi connectivity index (χ0n) is 39.6. The zero-order valence-corrected chi connectivity index (χ0v) is 25.6. The highest BCUT2D eigenvalue weighted by Crippen LogP contribution is 2.46. The highest BCUT2D eigenvalue weighted by Gasteiger charge is 2.19. The van der Waals surface area contributed by atoms with Gasteiger partial charge in [-0.15, -0.1) is 0 Å². The van der Waals surface area contributed by atoms with Gasteiger partial charge in [0.25, 0.3) is 0 Å². The van der Waals surface area contributed by atoms with Crippen molar-refractivity contribution in [3.8, 4) is 44.5 Å². The van der Waals surface area contributed by atoms with Gasteiger partial charge in [-0.3, -0.25) is 0 Å². The summed E-state index contributed by atoms with van der Waals surface area (Å²) in [5.41, 5.74) is 3.39. The molecular weight excluding hydrogens is 593 g/mol. The average Bonchev–Trinajstić information content (AvgIpc) is 3.71. The topological polar surface area (TPSA) is 13.1 Å². The Hall–Kier alpha value is -6.44. The number of fused-ring (bicyclic) bond motifs is 6. The third-order valence-electron chi connectivity index (χ3n) is 8.98. The molecule has 0 unspecified atom stereocenters. The number of hydrogen-bond donors (Lipinski definition) is 0. The van der Waals surface area contributed by atoms with Crippen molar-refractivity contribution in [1.29, 1.82) is 0 Å². The third kappa shape index (κ3) is 4.47. The Balaban J connectivity index is 1.30. The van der Waals surface area contributed by atoms with Gasteiger partial charge in [-0.25, -0.2) is 0 Å². The van der Waals surface area contributed by atoms with Gasteiger partial charge in [-0.2, -0.15) is 0 Å². The maximum atomic E-state index is 9.68. The first-order chi connectivity index (χ1) is 30.1. The van der Waals surface area contributed by atoms with Crippen molar-refractivity contribution in [2.45, 2.75) is 0 Å². The van der Waals surface area contributed by atoms with Gasteiger partial charge in [0.2, 0.25) is 0 Å². The lowest BCUT2D eigenvalue weighted by atomic mass is 9.84. The first-order valence-electron chi connectivity index (χ1n) is 22.7. The molecule has 49 heavy (non-hydrogen) atoms. The first-order valence-corrected chi connectivity index (χ1v) is 15.7. The summed E-state index contributed by atoms with van der Waals surface area (Å²) in [6.45, 7) is 0. The molecule has 0 fully saturated rings. The van der Waals surface area contributed by atoms with Crippen LogP contribution in [0.15, 0.2) is 186 Å². The molecule has 1 nitrogen and oxygen atoms in total. The molecule has 10 rings (SSSR count). The van der Waals surface area contributed by atoms with Gasteiger partial charge in [0.1, 0.15) is 11.2 Å². The normalized spacial score (nSPS) is 15.7. The van der Waals surface area contributed by atoms with Gasteiger partial charge >= 0.3 is 0 Å². The van der Waals surface area contributed by atoms with Gasteiger partial charge in [0.05, 0.1) is 19.2 Å². The van der Waals surface area contributed by atoms with Gasteiger partial charge in [-0.1, -0.05) is 151 Å². The van der Waals surface area contributed by atoms with E-state index >= 15 is 0 Å². The fourth-order valence-electron chi connectivity index (χ4n) is 6.85. The standard InChI is InChI=1S/C48H30O/c1-3-13-31(14-4-1)37-25-23-35(28-43(37)32-15-5-2-6-16-32)47-39-19-9-11-21-41(39)48(42-22-12-10-20-40(42)47)36-24-26-38-44-27-33-17-7-8-18-34(33)29-46(44)49-45(38)30-36/h1-30H/i2D,5D,6D,7D,8D,15D,16D,17D,18D,24D,26D,27D,29D,30D. The monoisotopic (exact) mass is 636 g/mol. The first kappa shape index (κ1) is 17.1. The van der Waals surface area contributed by atoms with E-state index in [2.05, 4.69) is 0 Å². The summed E-state index contributed by atoms with van der Waals surface area (Å²) in [5.74, 6) is 0. The molecule has 0 aliphatic rings.